The predicted octanol–water partition coefficient (Wildman–Crippen LogP) is 4.97. The van der Waals surface area contributed by atoms with Crippen molar-refractivity contribution in [1.82, 2.24) is 15.0 Å². The molecule has 0 bridgehead atoms. The molecule has 0 unspecified atom stereocenters. The Morgan fingerprint density at radius 3 is 2.55 bits per heavy atom. The molecular weight excluding hydrogens is 397 g/mol. The third kappa shape index (κ3) is 6.13. The van der Waals surface area contributed by atoms with E-state index in [-0.39, 0.29) is 0 Å². The summed E-state index contributed by atoms with van der Waals surface area (Å²) in [5.74, 6) is 6.09. The van der Waals surface area contributed by atoms with E-state index in [4.69, 9.17) is 5.84 Å². The molecule has 0 radical (unpaired) electrons. The maximum absolute atomic E-state index is 12.6. The molecule has 29 heavy (non-hydrogen) atoms. The predicted molar refractivity (Wildman–Crippen MR) is 108 cm³/mol. The summed E-state index contributed by atoms with van der Waals surface area (Å²) in [7, 11) is 0. The molecule has 4 nitrogen and oxygen atoms in total. The summed E-state index contributed by atoms with van der Waals surface area (Å²) >= 11 is 1.55. The number of nitrogens with two attached hydrogens (primary N) is 1. The summed E-state index contributed by atoms with van der Waals surface area (Å²) in [5, 5.41) is 2.57. The fourth-order valence-corrected chi connectivity index (χ4v) is 3.60. The maximum atomic E-state index is 12.6. The van der Waals surface area contributed by atoms with Crippen molar-refractivity contribution in [2.75, 3.05) is 0 Å². The van der Waals surface area contributed by atoms with Gasteiger partial charge in [-0.25, -0.2) is 10.8 Å². The normalized spacial score (nSPS) is 12.2. The highest BCUT2D eigenvalue weighted by Gasteiger charge is 2.29. The van der Waals surface area contributed by atoms with E-state index in [0.717, 1.165) is 39.0 Å². The molecule has 0 saturated carbocycles. The number of halogens is 3. The molecule has 1 aromatic carbocycles. The van der Waals surface area contributed by atoms with Crippen LogP contribution >= 0.6 is 11.3 Å². The van der Waals surface area contributed by atoms with Crippen molar-refractivity contribution in [3.8, 4) is 0 Å². The fourth-order valence-electron chi connectivity index (χ4n) is 2.68. The minimum absolute atomic E-state index is 0.514. The Balaban J connectivity index is 1.56. The van der Waals surface area contributed by atoms with Gasteiger partial charge < -0.3 is 5.01 Å². The number of aromatic nitrogens is 2. The number of rotatable bonds is 7. The topological polar surface area (TPSA) is 55.0 Å². The smallest absolute Gasteiger partial charge is 0.310 e. The first-order valence-corrected chi connectivity index (χ1v) is 9.81. The first-order chi connectivity index (χ1) is 13.8. The van der Waals surface area contributed by atoms with Crippen LogP contribution < -0.4 is 5.84 Å². The molecule has 0 spiro atoms. The lowest BCUT2D eigenvalue weighted by Gasteiger charge is -2.18. The second kappa shape index (κ2) is 9.19. The number of hydrazine groups is 1. The van der Waals surface area contributed by atoms with E-state index in [0.29, 0.717) is 19.4 Å². The van der Waals surface area contributed by atoms with Crippen LogP contribution in [0.4, 0.5) is 13.2 Å². The van der Waals surface area contributed by atoms with Gasteiger partial charge in [-0.1, -0.05) is 24.3 Å². The van der Waals surface area contributed by atoms with E-state index in [1.54, 1.807) is 28.7 Å². The monoisotopic (exact) mass is 418 g/mol. The molecule has 0 saturated heterocycles. The van der Waals surface area contributed by atoms with Crippen molar-refractivity contribution in [2.24, 2.45) is 5.84 Å². The minimum atomic E-state index is -4.31. The van der Waals surface area contributed by atoms with Crippen molar-refractivity contribution < 1.29 is 13.2 Å². The minimum Gasteiger partial charge on any atom is -0.310 e. The number of hydrogen-bond donors (Lipinski definition) is 1. The van der Waals surface area contributed by atoms with Crippen molar-refractivity contribution in [2.45, 2.75) is 32.5 Å². The number of benzene rings is 1. The van der Waals surface area contributed by atoms with Crippen molar-refractivity contribution in [1.29, 1.82) is 0 Å². The second-order valence-electron chi connectivity index (χ2n) is 6.59. The molecule has 0 atom stereocenters. The Bertz CT molecular complexity index is 950. The van der Waals surface area contributed by atoms with Crippen LogP contribution in [0.15, 0.2) is 66.6 Å². The molecule has 152 valence electrons. The van der Waals surface area contributed by atoms with E-state index in [1.807, 2.05) is 31.2 Å². The quantitative estimate of drug-likeness (QED) is 0.435. The zero-order valence-electron chi connectivity index (χ0n) is 15.9. The van der Waals surface area contributed by atoms with Gasteiger partial charge >= 0.3 is 6.18 Å². The number of alkyl halides is 3. The number of pyridine rings is 1. The van der Waals surface area contributed by atoms with Gasteiger partial charge in [0.1, 0.15) is 0 Å². The first kappa shape index (κ1) is 21.0. The average molecular weight is 418 g/mol. The molecule has 3 rings (SSSR count). The average Bonchev–Trinajstić information content (AvgIpc) is 3.14. The third-order valence-electron chi connectivity index (χ3n) is 4.34. The standard InChI is InChI=1S/C21H21F3N4S/c1-15(28(25)14-18-4-2-3-11-26-18)5-10-20-27-13-19(29-20)12-16-6-8-17(9-7-16)21(22,23)24/h2-9,11,13H,10,12,14,25H2,1H3/b15-5-. The Morgan fingerprint density at radius 2 is 1.90 bits per heavy atom. The van der Waals surface area contributed by atoms with Gasteiger partial charge in [0.25, 0.3) is 0 Å². The largest absolute Gasteiger partial charge is 0.416 e. The molecule has 0 amide bonds. The zero-order valence-corrected chi connectivity index (χ0v) is 16.7. The zero-order chi connectivity index (χ0) is 20.9. The van der Waals surface area contributed by atoms with Crippen LogP contribution in [0.25, 0.3) is 0 Å². The lowest BCUT2D eigenvalue weighted by atomic mass is 10.1. The summed E-state index contributed by atoms with van der Waals surface area (Å²) in [6.07, 6.45) is 2.39. The van der Waals surface area contributed by atoms with Crippen molar-refractivity contribution in [3.63, 3.8) is 0 Å². The summed E-state index contributed by atoms with van der Waals surface area (Å²) in [6.45, 7) is 2.44. The number of allylic oxidation sites excluding steroid dienone is 2. The van der Waals surface area contributed by atoms with Gasteiger partial charge in [-0.05, 0) is 36.8 Å². The highest BCUT2D eigenvalue weighted by Crippen LogP contribution is 2.29. The molecule has 3 aromatic rings. The lowest BCUT2D eigenvalue weighted by Crippen LogP contribution is -2.28. The van der Waals surface area contributed by atoms with Crippen LogP contribution in [0.2, 0.25) is 0 Å². The Hall–Kier alpha value is -2.71. The van der Waals surface area contributed by atoms with Crippen molar-refractivity contribution in [3.05, 3.63) is 93.3 Å². The SMILES string of the molecule is C/C(=C/Cc1ncc(Cc2ccc(C(F)(F)F)cc2)s1)N(N)Cc1ccccn1. The molecule has 8 heteroatoms. The van der Waals surface area contributed by atoms with Crippen molar-refractivity contribution >= 4 is 11.3 Å². The molecule has 0 aliphatic rings. The van der Waals surface area contributed by atoms with Crippen LogP contribution in [-0.4, -0.2) is 15.0 Å². The van der Waals surface area contributed by atoms with Crippen LogP contribution in [0.5, 0.6) is 0 Å². The van der Waals surface area contributed by atoms with Crippen LogP contribution in [-0.2, 0) is 25.6 Å². The summed E-state index contributed by atoms with van der Waals surface area (Å²) in [4.78, 5) is 9.67. The Morgan fingerprint density at radius 1 is 1.14 bits per heavy atom. The van der Waals surface area contributed by atoms with Gasteiger partial charge in [-0.15, -0.1) is 11.3 Å². The van der Waals surface area contributed by atoms with Crippen LogP contribution in [0, 0.1) is 0 Å². The summed E-state index contributed by atoms with van der Waals surface area (Å²) in [6, 6.07) is 10.9. The highest BCUT2D eigenvalue weighted by molar-refractivity contribution is 7.11. The molecule has 0 aliphatic carbocycles. The van der Waals surface area contributed by atoms with E-state index in [9.17, 15) is 13.2 Å². The van der Waals surface area contributed by atoms with Gasteiger partial charge in [0.2, 0.25) is 0 Å². The summed E-state index contributed by atoms with van der Waals surface area (Å²) in [5.41, 5.74) is 1.98. The molecule has 0 fully saturated rings. The Labute approximate surface area is 171 Å². The van der Waals surface area contributed by atoms with Gasteiger partial charge in [-0.3, -0.25) is 4.98 Å². The fraction of sp³-hybridized carbons (Fsp3) is 0.238. The lowest BCUT2D eigenvalue weighted by molar-refractivity contribution is -0.137. The van der Waals surface area contributed by atoms with Gasteiger partial charge in [0, 0.05) is 35.8 Å². The molecular formula is C21H21F3N4S. The highest BCUT2D eigenvalue weighted by atomic mass is 32.1. The molecule has 2 N–H and O–H groups in total. The van der Waals surface area contributed by atoms with E-state index >= 15 is 0 Å². The van der Waals surface area contributed by atoms with Gasteiger partial charge in [-0.2, -0.15) is 13.2 Å². The van der Waals surface area contributed by atoms with Crippen LogP contribution in [0.1, 0.15) is 33.6 Å². The summed E-state index contributed by atoms with van der Waals surface area (Å²) < 4.78 is 37.9. The molecule has 2 aromatic heterocycles. The molecule has 2 heterocycles. The third-order valence-corrected chi connectivity index (χ3v) is 5.36. The number of thiazole rings is 1. The van der Waals surface area contributed by atoms with E-state index < -0.39 is 11.7 Å². The second-order valence-corrected chi connectivity index (χ2v) is 7.79. The van der Waals surface area contributed by atoms with Crippen LogP contribution in [0.3, 0.4) is 0 Å². The first-order valence-electron chi connectivity index (χ1n) is 9.00. The number of nitrogens with zero attached hydrogens (tertiary/aromatic N) is 3. The number of hydrogen-bond acceptors (Lipinski definition) is 5. The van der Waals surface area contributed by atoms with Gasteiger partial charge in [0.15, 0.2) is 0 Å². The van der Waals surface area contributed by atoms with E-state index in [2.05, 4.69) is 9.97 Å². The van der Waals surface area contributed by atoms with Gasteiger partial charge in [0.05, 0.1) is 22.8 Å². The molecule has 0 aliphatic heterocycles. The Kier molecular flexibility index (Phi) is 6.66. The maximum Gasteiger partial charge on any atom is 0.416 e. The van der Waals surface area contributed by atoms with E-state index in [1.165, 1.54) is 12.1 Å².